The van der Waals surface area contributed by atoms with Crippen molar-refractivity contribution < 1.29 is 17.9 Å². The summed E-state index contributed by atoms with van der Waals surface area (Å²) in [5.74, 6) is -0.172. The molecule has 32 heavy (non-hydrogen) atoms. The number of fused-ring (bicyclic) bond motifs is 3. The van der Waals surface area contributed by atoms with Gasteiger partial charge in [0.15, 0.2) is 5.17 Å². The largest absolute Gasteiger partial charge is 0.381 e. The molecule has 0 bridgehead atoms. The highest BCUT2D eigenvalue weighted by atomic mass is 35.5. The van der Waals surface area contributed by atoms with Gasteiger partial charge in [-0.05, 0) is 60.5 Å². The van der Waals surface area contributed by atoms with Crippen molar-refractivity contribution in [3.63, 3.8) is 0 Å². The third-order valence-corrected chi connectivity index (χ3v) is 8.75. The first-order chi connectivity index (χ1) is 15.4. The SMILES string of the molecule is O=C(NCC1(c2cccc(Cl)c2)CCOCC1)c1ccc2c(c1)SC1=NS(=O)(=O)CCN12. The molecule has 0 spiro atoms. The molecule has 0 aromatic heterocycles. The highest BCUT2D eigenvalue weighted by molar-refractivity contribution is 8.15. The zero-order valence-corrected chi connectivity index (χ0v) is 19.6. The average Bonchev–Trinajstić information content (AvgIpc) is 3.13. The number of rotatable bonds is 4. The lowest BCUT2D eigenvalue weighted by Gasteiger charge is -2.38. The Morgan fingerprint density at radius 1 is 1.22 bits per heavy atom. The van der Waals surface area contributed by atoms with Crippen LogP contribution in [0.5, 0.6) is 0 Å². The van der Waals surface area contributed by atoms with E-state index in [1.807, 2.05) is 29.2 Å². The Hall–Kier alpha value is -2.07. The minimum absolute atomic E-state index is 0.00592. The van der Waals surface area contributed by atoms with Gasteiger partial charge < -0.3 is 15.0 Å². The van der Waals surface area contributed by atoms with Gasteiger partial charge in [0.2, 0.25) is 0 Å². The van der Waals surface area contributed by atoms with E-state index in [1.54, 1.807) is 12.1 Å². The standard InChI is InChI=1S/C22H22ClN3O4S2/c23-17-3-1-2-16(13-17)22(6-9-30-10-7-22)14-24-20(27)15-4-5-18-19(12-15)31-21-25-32(28,29)11-8-26(18)21/h1-5,12-13H,6-11,14H2,(H,24,27). The van der Waals surface area contributed by atoms with E-state index < -0.39 is 10.0 Å². The van der Waals surface area contributed by atoms with Gasteiger partial charge in [0.25, 0.3) is 15.9 Å². The second-order valence-corrected chi connectivity index (χ2v) is 11.4. The smallest absolute Gasteiger partial charge is 0.257 e. The number of anilines is 1. The van der Waals surface area contributed by atoms with E-state index in [1.165, 1.54) is 11.8 Å². The fourth-order valence-electron chi connectivity index (χ4n) is 4.37. The van der Waals surface area contributed by atoms with Crippen molar-refractivity contribution in [3.8, 4) is 0 Å². The van der Waals surface area contributed by atoms with Crippen molar-refractivity contribution >= 4 is 50.1 Å². The average molecular weight is 492 g/mol. The number of nitrogens with one attached hydrogen (secondary N) is 1. The quantitative estimate of drug-likeness (QED) is 0.705. The van der Waals surface area contributed by atoms with Crippen molar-refractivity contribution in [1.29, 1.82) is 0 Å². The van der Waals surface area contributed by atoms with Crippen LogP contribution in [0.2, 0.25) is 5.02 Å². The summed E-state index contributed by atoms with van der Waals surface area (Å²) in [5.41, 5.74) is 2.30. The predicted octanol–water partition coefficient (Wildman–Crippen LogP) is 3.43. The number of thioether (sulfide) groups is 1. The molecule has 0 unspecified atom stereocenters. The van der Waals surface area contributed by atoms with Crippen molar-refractivity contribution in [2.24, 2.45) is 4.40 Å². The molecule has 1 fully saturated rings. The van der Waals surface area contributed by atoms with E-state index in [4.69, 9.17) is 16.3 Å². The summed E-state index contributed by atoms with van der Waals surface area (Å²) in [6.07, 6.45) is 1.60. The molecule has 2 aromatic rings. The number of ether oxygens (including phenoxy) is 1. The Kier molecular flexibility index (Phi) is 5.69. The molecule has 0 atom stereocenters. The van der Waals surface area contributed by atoms with E-state index in [0.717, 1.165) is 29.0 Å². The number of amides is 1. The van der Waals surface area contributed by atoms with Crippen LogP contribution in [0.1, 0.15) is 28.8 Å². The van der Waals surface area contributed by atoms with E-state index in [2.05, 4.69) is 15.8 Å². The van der Waals surface area contributed by atoms with Gasteiger partial charge in [0, 0.05) is 47.2 Å². The topological polar surface area (TPSA) is 88.1 Å². The molecule has 3 heterocycles. The molecule has 10 heteroatoms. The van der Waals surface area contributed by atoms with Crippen LogP contribution >= 0.6 is 23.4 Å². The maximum absolute atomic E-state index is 13.0. The number of hydrogen-bond acceptors (Lipinski definition) is 6. The molecular formula is C22H22ClN3O4S2. The molecule has 0 radical (unpaired) electrons. The van der Waals surface area contributed by atoms with Crippen molar-refractivity contribution in [1.82, 2.24) is 5.32 Å². The Balaban J connectivity index is 1.35. The first-order valence-corrected chi connectivity index (χ1v) is 13.2. The number of carbonyl (C=O) groups excluding carboxylic acids is 1. The highest BCUT2D eigenvalue weighted by Crippen LogP contribution is 2.42. The summed E-state index contributed by atoms with van der Waals surface area (Å²) in [7, 11) is -3.41. The van der Waals surface area contributed by atoms with Gasteiger partial charge in [-0.3, -0.25) is 4.79 Å². The summed E-state index contributed by atoms with van der Waals surface area (Å²) in [6.45, 7) is 2.13. The molecular weight excluding hydrogens is 470 g/mol. The molecule has 168 valence electrons. The van der Waals surface area contributed by atoms with Crippen LogP contribution < -0.4 is 10.2 Å². The summed E-state index contributed by atoms with van der Waals surface area (Å²) in [4.78, 5) is 15.8. The van der Waals surface area contributed by atoms with Gasteiger partial charge >= 0.3 is 0 Å². The zero-order chi connectivity index (χ0) is 22.3. The second kappa shape index (κ2) is 8.37. The molecule has 0 aliphatic carbocycles. The number of nitrogens with zero attached hydrogens (tertiary/aromatic N) is 2. The molecule has 3 aliphatic rings. The van der Waals surface area contributed by atoms with Crippen LogP contribution in [0.3, 0.4) is 0 Å². The highest BCUT2D eigenvalue weighted by Gasteiger charge is 2.36. The van der Waals surface area contributed by atoms with Gasteiger partial charge in [-0.1, -0.05) is 23.7 Å². The van der Waals surface area contributed by atoms with Gasteiger partial charge in [0.1, 0.15) is 0 Å². The fourth-order valence-corrected chi connectivity index (χ4v) is 6.86. The summed E-state index contributed by atoms with van der Waals surface area (Å²) in [5, 5.41) is 4.24. The molecule has 1 saturated heterocycles. The third kappa shape index (κ3) is 4.14. The fraction of sp³-hybridized carbons (Fsp3) is 0.364. The number of amidine groups is 1. The number of halogens is 1. The van der Waals surface area contributed by atoms with E-state index in [0.29, 0.717) is 42.1 Å². The van der Waals surface area contributed by atoms with Gasteiger partial charge in [0.05, 0.1) is 11.4 Å². The minimum Gasteiger partial charge on any atom is -0.381 e. The molecule has 0 saturated carbocycles. The summed E-state index contributed by atoms with van der Waals surface area (Å²) < 4.78 is 33.1. The molecule has 1 amide bonds. The summed E-state index contributed by atoms with van der Waals surface area (Å²) in [6, 6.07) is 13.2. The lowest BCUT2D eigenvalue weighted by Crippen LogP contribution is -2.44. The number of sulfonamides is 1. The predicted molar refractivity (Wildman–Crippen MR) is 126 cm³/mol. The van der Waals surface area contributed by atoms with Crippen molar-refractivity contribution in [3.05, 3.63) is 58.6 Å². The molecule has 5 rings (SSSR count). The van der Waals surface area contributed by atoms with Gasteiger partial charge in [-0.15, -0.1) is 4.40 Å². The maximum Gasteiger partial charge on any atom is 0.257 e. The number of carbonyl (C=O) groups is 1. The molecule has 2 aromatic carbocycles. The lowest BCUT2D eigenvalue weighted by atomic mass is 9.74. The van der Waals surface area contributed by atoms with Crippen molar-refractivity contribution in [2.45, 2.75) is 23.2 Å². The van der Waals surface area contributed by atoms with Crippen LogP contribution in [0.15, 0.2) is 51.8 Å². The third-order valence-electron chi connectivity index (χ3n) is 6.21. The van der Waals surface area contributed by atoms with Crippen LogP contribution in [0, 0.1) is 0 Å². The monoisotopic (exact) mass is 491 g/mol. The van der Waals surface area contributed by atoms with Crippen LogP contribution in [-0.4, -0.2) is 51.5 Å². The van der Waals surface area contributed by atoms with Gasteiger partial charge in [-0.25, -0.2) is 8.42 Å². The van der Waals surface area contributed by atoms with Crippen LogP contribution in [0.25, 0.3) is 0 Å². The number of hydrogen-bond donors (Lipinski definition) is 1. The van der Waals surface area contributed by atoms with Crippen LogP contribution in [-0.2, 0) is 20.2 Å². The van der Waals surface area contributed by atoms with Crippen molar-refractivity contribution in [2.75, 3.05) is 37.0 Å². The Bertz CT molecular complexity index is 1210. The first-order valence-electron chi connectivity index (χ1n) is 10.4. The molecule has 3 aliphatic heterocycles. The maximum atomic E-state index is 13.0. The Morgan fingerprint density at radius 3 is 2.81 bits per heavy atom. The second-order valence-electron chi connectivity index (χ2n) is 8.18. The normalized spacial score (nSPS) is 20.8. The van der Waals surface area contributed by atoms with Gasteiger partial charge in [-0.2, -0.15) is 0 Å². The Labute approximate surface area is 196 Å². The lowest BCUT2D eigenvalue weighted by molar-refractivity contribution is 0.0487. The van der Waals surface area contributed by atoms with E-state index >= 15 is 0 Å². The minimum atomic E-state index is -3.41. The first kappa shape index (κ1) is 21.8. The molecule has 1 N–H and O–H groups in total. The van der Waals surface area contributed by atoms with E-state index in [9.17, 15) is 13.2 Å². The number of benzene rings is 2. The van der Waals surface area contributed by atoms with Crippen LogP contribution in [0.4, 0.5) is 5.69 Å². The van der Waals surface area contributed by atoms with E-state index in [-0.39, 0.29) is 17.1 Å². The summed E-state index contributed by atoms with van der Waals surface area (Å²) >= 11 is 7.52. The zero-order valence-electron chi connectivity index (χ0n) is 17.2. The molecule has 7 nitrogen and oxygen atoms in total. The Morgan fingerprint density at radius 2 is 2.03 bits per heavy atom.